The molecule has 0 aliphatic rings. The zero-order valence-corrected chi connectivity index (χ0v) is 40.6. The van der Waals surface area contributed by atoms with Gasteiger partial charge in [-0.25, -0.2) is 0 Å². The number of hydrogen-bond acceptors (Lipinski definition) is 0. The van der Waals surface area contributed by atoms with Crippen molar-refractivity contribution in [1.29, 1.82) is 0 Å². The Labute approximate surface area is 394 Å². The predicted octanol–water partition coefficient (Wildman–Crippen LogP) is 18.8. The van der Waals surface area contributed by atoms with Gasteiger partial charge >= 0.3 is 0 Å². The minimum Gasteiger partial charge on any atom is -0.333 e. The molecule has 0 radical (unpaired) electrons. The lowest BCUT2D eigenvalue weighted by Crippen LogP contribution is -2.05. The number of benzene rings is 5. The average molecular weight is 863 g/mol. The summed E-state index contributed by atoms with van der Waals surface area (Å²) in [4.78, 5) is 0. The molecule has 2 heteroatoms. The zero-order valence-electron chi connectivity index (χ0n) is 40.6. The van der Waals surface area contributed by atoms with Gasteiger partial charge in [-0.15, -0.1) is 0 Å². The molecule has 0 saturated carbocycles. The van der Waals surface area contributed by atoms with Crippen molar-refractivity contribution in [3.8, 4) is 16.8 Å². The van der Waals surface area contributed by atoms with E-state index in [4.69, 9.17) is 0 Å². The van der Waals surface area contributed by atoms with Crippen molar-refractivity contribution in [3.05, 3.63) is 228 Å². The molecule has 0 spiro atoms. The monoisotopic (exact) mass is 863 g/mol. The summed E-state index contributed by atoms with van der Waals surface area (Å²) in [5, 5.41) is 3.73. The predicted molar refractivity (Wildman–Crippen MR) is 294 cm³/mol. The second kappa shape index (κ2) is 21.2. The largest absolute Gasteiger partial charge is 0.333 e. The first-order valence-corrected chi connectivity index (χ1v) is 23.7. The Morgan fingerprint density at radius 3 is 2.12 bits per heavy atom. The van der Waals surface area contributed by atoms with Gasteiger partial charge in [-0.3, -0.25) is 0 Å². The van der Waals surface area contributed by atoms with Gasteiger partial charge in [0, 0.05) is 50.3 Å². The van der Waals surface area contributed by atoms with Crippen molar-refractivity contribution >= 4 is 61.1 Å². The molecular formula is C64H66N2. The summed E-state index contributed by atoms with van der Waals surface area (Å²) in [6.07, 6.45) is 32.1. The molecule has 0 aliphatic heterocycles. The Balaban J connectivity index is 1.63. The number of hydrogen-bond donors (Lipinski definition) is 0. The van der Waals surface area contributed by atoms with E-state index in [-0.39, 0.29) is 6.04 Å². The normalized spacial score (nSPS) is 13.8. The molecule has 2 aromatic heterocycles. The van der Waals surface area contributed by atoms with E-state index in [9.17, 15) is 0 Å². The van der Waals surface area contributed by atoms with Crippen molar-refractivity contribution in [1.82, 2.24) is 9.13 Å². The van der Waals surface area contributed by atoms with Crippen LogP contribution in [0, 0.1) is 13.8 Å². The van der Waals surface area contributed by atoms with Crippen molar-refractivity contribution in [2.24, 2.45) is 0 Å². The van der Waals surface area contributed by atoms with Gasteiger partial charge in [0.1, 0.15) is 0 Å². The molecule has 1 unspecified atom stereocenters. The quantitative estimate of drug-likeness (QED) is 0.0857. The van der Waals surface area contributed by atoms with Crippen LogP contribution in [-0.4, -0.2) is 9.13 Å². The van der Waals surface area contributed by atoms with Gasteiger partial charge in [0.05, 0.1) is 16.6 Å². The fourth-order valence-corrected chi connectivity index (χ4v) is 9.55. The van der Waals surface area contributed by atoms with Gasteiger partial charge in [0.2, 0.25) is 0 Å². The van der Waals surface area contributed by atoms with E-state index in [2.05, 4.69) is 255 Å². The zero-order chi connectivity index (χ0) is 46.9. The number of aromatic nitrogens is 2. The fraction of sp³-hybridized carbons (Fsp3) is 0.188. The Bertz CT molecular complexity index is 3170. The van der Waals surface area contributed by atoms with Crippen LogP contribution in [0.15, 0.2) is 189 Å². The third kappa shape index (κ3) is 9.06. The molecule has 2 nitrogen and oxygen atoms in total. The summed E-state index contributed by atoms with van der Waals surface area (Å²) in [5.41, 5.74) is 20.5. The van der Waals surface area contributed by atoms with Gasteiger partial charge in [0.15, 0.2) is 0 Å². The molecule has 0 amide bonds. The number of allylic oxidation sites excluding steroid dienone is 17. The lowest BCUT2D eigenvalue weighted by Gasteiger charge is -2.18. The maximum absolute atomic E-state index is 4.28. The molecule has 0 aliphatic carbocycles. The first-order valence-electron chi connectivity index (χ1n) is 23.7. The van der Waals surface area contributed by atoms with Crippen molar-refractivity contribution in [3.63, 3.8) is 0 Å². The van der Waals surface area contributed by atoms with E-state index >= 15 is 0 Å². The molecule has 332 valence electrons. The Kier molecular flexibility index (Phi) is 15.1. The first-order chi connectivity index (χ1) is 32.1. The highest BCUT2D eigenvalue weighted by molar-refractivity contribution is 6.17. The molecule has 0 N–H and O–H groups in total. The number of para-hydroxylation sites is 1. The van der Waals surface area contributed by atoms with E-state index in [1.165, 1.54) is 99.6 Å². The van der Waals surface area contributed by atoms with E-state index in [1.807, 2.05) is 12.2 Å². The van der Waals surface area contributed by atoms with Crippen LogP contribution in [0.5, 0.6) is 0 Å². The molecule has 2 heterocycles. The lowest BCUT2D eigenvalue weighted by molar-refractivity contribution is 0.708. The molecule has 7 aromatic rings. The minimum atomic E-state index is 0.0732. The highest BCUT2D eigenvalue weighted by Gasteiger charge is 2.24. The van der Waals surface area contributed by atoms with Crippen LogP contribution in [0.4, 0.5) is 0 Å². The first kappa shape index (κ1) is 46.8. The third-order valence-electron chi connectivity index (χ3n) is 12.9. The standard InChI is InChI=1S/C64H66N2/c1-12-19-23-28-46(10)65-62-45(9)35-40-55(48(16-5)29-20-13-2)61(62)57-34-26-33-56(63(57)65)50(18-7)41-58-47(11)66(54-38-36-51(37-39-54)44(8)27-15-4)64-59(49(17-6)30-21-14-3)42-53(43-60(58)64)52-31-24-22-25-32-52/h12-13,15-17,19-43,46H,4-5,14,18H2,1-3,6-11H3/b19-12-,20-13-,28-23-,30-21-,44-27+,48-29+,49-17+,50-41+. The van der Waals surface area contributed by atoms with E-state index < -0.39 is 0 Å². The molecule has 5 aromatic carbocycles. The molecule has 66 heavy (non-hydrogen) atoms. The van der Waals surface area contributed by atoms with Crippen LogP contribution in [-0.2, 0) is 0 Å². The maximum atomic E-state index is 4.28. The number of rotatable bonds is 16. The van der Waals surface area contributed by atoms with Gasteiger partial charge < -0.3 is 9.13 Å². The van der Waals surface area contributed by atoms with E-state index in [0.717, 1.165) is 24.1 Å². The molecular weight excluding hydrogens is 797 g/mol. The van der Waals surface area contributed by atoms with Crippen LogP contribution in [0.2, 0.25) is 0 Å². The molecule has 0 bridgehead atoms. The van der Waals surface area contributed by atoms with Gasteiger partial charge in [-0.05, 0) is 142 Å². The number of fused-ring (bicyclic) bond motifs is 4. The number of aryl methyl sites for hydroxylation is 1. The maximum Gasteiger partial charge on any atom is 0.0616 e. The van der Waals surface area contributed by atoms with Gasteiger partial charge in [-0.2, -0.15) is 0 Å². The highest BCUT2D eigenvalue weighted by Crippen LogP contribution is 2.45. The molecule has 1 atom stereocenters. The summed E-state index contributed by atoms with van der Waals surface area (Å²) in [7, 11) is 0. The van der Waals surface area contributed by atoms with Crippen molar-refractivity contribution in [2.45, 2.75) is 81.2 Å². The second-order valence-corrected chi connectivity index (χ2v) is 17.1. The van der Waals surface area contributed by atoms with Gasteiger partial charge in [-0.1, -0.05) is 179 Å². The third-order valence-corrected chi connectivity index (χ3v) is 12.9. The summed E-state index contributed by atoms with van der Waals surface area (Å²) < 4.78 is 5.08. The van der Waals surface area contributed by atoms with Crippen LogP contribution in [0.3, 0.4) is 0 Å². The molecule has 0 fully saturated rings. The Hall–Kier alpha value is -7.16. The molecule has 7 rings (SSSR count). The van der Waals surface area contributed by atoms with Crippen LogP contribution in [0.1, 0.15) is 106 Å². The summed E-state index contributed by atoms with van der Waals surface area (Å²) >= 11 is 0. The van der Waals surface area contributed by atoms with Crippen LogP contribution in [0.25, 0.3) is 77.9 Å². The summed E-state index contributed by atoms with van der Waals surface area (Å²) in [5.74, 6) is 0. The Morgan fingerprint density at radius 2 is 1.45 bits per heavy atom. The van der Waals surface area contributed by atoms with Crippen LogP contribution < -0.4 is 0 Å². The van der Waals surface area contributed by atoms with Gasteiger partial charge in [0.25, 0.3) is 0 Å². The van der Waals surface area contributed by atoms with E-state index in [0.29, 0.717) is 0 Å². The number of nitrogens with zero attached hydrogens (tertiary/aromatic N) is 2. The van der Waals surface area contributed by atoms with Crippen molar-refractivity contribution in [2.75, 3.05) is 0 Å². The molecule has 0 saturated heterocycles. The van der Waals surface area contributed by atoms with Crippen molar-refractivity contribution < 1.29 is 0 Å². The minimum absolute atomic E-state index is 0.0732. The summed E-state index contributed by atoms with van der Waals surface area (Å²) in [6.45, 7) is 28.0. The van der Waals surface area contributed by atoms with E-state index in [1.54, 1.807) is 0 Å². The topological polar surface area (TPSA) is 9.86 Å². The highest BCUT2D eigenvalue weighted by atomic mass is 15.0. The smallest absolute Gasteiger partial charge is 0.0616 e. The second-order valence-electron chi connectivity index (χ2n) is 17.1. The SMILES string of the molecule is C=C/C=C(\C)c1ccc(-n2c(C)c(/C=C(\CC)c3cccc4c5c(/C(C=C)=C/C=C\C)ccc(C)c5n(C(C)/C=C\C=C/C)c34)c3cc(-c4ccccc4)cc(C(/C=C\CC)=C/C)c32)cc1. The average Bonchev–Trinajstić information content (AvgIpc) is 3.84. The Morgan fingerprint density at radius 1 is 0.697 bits per heavy atom. The fourth-order valence-electron chi connectivity index (χ4n) is 9.55. The lowest BCUT2D eigenvalue weighted by atomic mass is 9.92. The summed E-state index contributed by atoms with van der Waals surface area (Å²) in [6, 6.07) is 36.2. The van der Waals surface area contributed by atoms with Crippen LogP contribution >= 0.6 is 0 Å².